The highest BCUT2D eigenvalue weighted by Gasteiger charge is 2.27. The van der Waals surface area contributed by atoms with Gasteiger partial charge < -0.3 is 15.0 Å². The average molecular weight is 398 g/mol. The van der Waals surface area contributed by atoms with E-state index in [0.29, 0.717) is 43.5 Å². The monoisotopic (exact) mass is 398 g/mol. The van der Waals surface area contributed by atoms with Gasteiger partial charge in [0.25, 0.3) is 11.5 Å². The van der Waals surface area contributed by atoms with Crippen molar-refractivity contribution in [3.63, 3.8) is 0 Å². The molecule has 29 heavy (non-hydrogen) atoms. The second-order valence-electron chi connectivity index (χ2n) is 7.66. The van der Waals surface area contributed by atoms with Crippen LogP contribution in [0.4, 0.5) is 0 Å². The first kappa shape index (κ1) is 19.4. The van der Waals surface area contributed by atoms with Gasteiger partial charge in [0.1, 0.15) is 11.8 Å². The summed E-state index contributed by atoms with van der Waals surface area (Å²) in [6.45, 7) is 2.49. The van der Waals surface area contributed by atoms with Gasteiger partial charge in [-0.25, -0.2) is 4.68 Å². The maximum atomic E-state index is 12.8. The van der Waals surface area contributed by atoms with E-state index in [9.17, 15) is 14.4 Å². The van der Waals surface area contributed by atoms with Crippen LogP contribution >= 0.6 is 0 Å². The molecule has 2 aliphatic rings. The standard InChI is InChI=1S/C21H26N4O4/c26-19-13-17(23-25(19)16-5-2-1-3-6-16)21(28)24-10-8-15(9-11-24)14-22-20(27)18-7-4-12-29-18/h1-3,5-6,13,15,18,23H,4,7-12,14H2,(H,22,27). The van der Waals surface area contributed by atoms with Crippen molar-refractivity contribution in [2.75, 3.05) is 26.2 Å². The molecule has 1 atom stereocenters. The summed E-state index contributed by atoms with van der Waals surface area (Å²) in [7, 11) is 0. The smallest absolute Gasteiger partial charge is 0.271 e. The number of carbonyl (C=O) groups excluding carboxylic acids is 2. The molecule has 1 aromatic carbocycles. The number of likely N-dealkylation sites (tertiary alicyclic amines) is 1. The van der Waals surface area contributed by atoms with Crippen LogP contribution in [0.2, 0.25) is 0 Å². The maximum absolute atomic E-state index is 12.8. The van der Waals surface area contributed by atoms with Crippen LogP contribution in [0.3, 0.4) is 0 Å². The molecule has 2 amide bonds. The molecule has 3 heterocycles. The van der Waals surface area contributed by atoms with E-state index >= 15 is 0 Å². The van der Waals surface area contributed by atoms with Gasteiger partial charge in [-0.15, -0.1) is 0 Å². The van der Waals surface area contributed by atoms with Gasteiger partial charge in [-0.3, -0.25) is 19.5 Å². The van der Waals surface area contributed by atoms with Gasteiger partial charge in [0.15, 0.2) is 0 Å². The van der Waals surface area contributed by atoms with Crippen LogP contribution in [0.5, 0.6) is 0 Å². The molecule has 0 radical (unpaired) electrons. The number of rotatable bonds is 5. The van der Waals surface area contributed by atoms with E-state index in [1.54, 1.807) is 4.90 Å². The molecule has 2 aromatic rings. The van der Waals surface area contributed by atoms with E-state index in [0.717, 1.165) is 25.7 Å². The van der Waals surface area contributed by atoms with Crippen molar-refractivity contribution in [2.45, 2.75) is 31.8 Å². The Labute approximate surface area is 168 Å². The van der Waals surface area contributed by atoms with Crippen molar-refractivity contribution < 1.29 is 14.3 Å². The fourth-order valence-electron chi connectivity index (χ4n) is 3.93. The number of aromatic amines is 1. The van der Waals surface area contributed by atoms with Crippen LogP contribution in [0.15, 0.2) is 41.2 Å². The van der Waals surface area contributed by atoms with Crippen molar-refractivity contribution >= 4 is 11.8 Å². The lowest BCUT2D eigenvalue weighted by Crippen LogP contribution is -2.43. The van der Waals surface area contributed by atoms with Crippen LogP contribution < -0.4 is 10.9 Å². The zero-order chi connectivity index (χ0) is 20.2. The molecule has 2 saturated heterocycles. The summed E-state index contributed by atoms with van der Waals surface area (Å²) >= 11 is 0. The first-order valence-electron chi connectivity index (χ1n) is 10.2. The molecule has 0 bridgehead atoms. The predicted octanol–water partition coefficient (Wildman–Crippen LogP) is 1.31. The summed E-state index contributed by atoms with van der Waals surface area (Å²) in [4.78, 5) is 38.9. The molecule has 0 saturated carbocycles. The molecular formula is C21H26N4O4. The van der Waals surface area contributed by atoms with Gasteiger partial charge in [-0.05, 0) is 43.7 Å². The molecule has 0 spiro atoms. The third-order valence-corrected chi connectivity index (χ3v) is 5.65. The summed E-state index contributed by atoms with van der Waals surface area (Å²) in [6, 6.07) is 10.5. The van der Waals surface area contributed by atoms with Crippen LogP contribution in [-0.2, 0) is 9.53 Å². The van der Waals surface area contributed by atoms with Gasteiger partial charge in [-0.2, -0.15) is 0 Å². The predicted molar refractivity (Wildman–Crippen MR) is 107 cm³/mol. The van der Waals surface area contributed by atoms with Gasteiger partial charge in [0.05, 0.1) is 5.69 Å². The Kier molecular flexibility index (Phi) is 5.80. The number of amides is 2. The molecule has 154 valence electrons. The van der Waals surface area contributed by atoms with Crippen LogP contribution in [0.1, 0.15) is 36.2 Å². The summed E-state index contributed by atoms with van der Waals surface area (Å²) in [5, 5.41) is 5.90. The normalized spacial score (nSPS) is 20.0. The molecule has 8 heteroatoms. The molecule has 0 aliphatic carbocycles. The van der Waals surface area contributed by atoms with Crippen LogP contribution in [0, 0.1) is 5.92 Å². The SMILES string of the molecule is O=C(NCC1CCN(C(=O)c2cc(=O)n(-c3ccccc3)[nH]2)CC1)C1CCCO1. The van der Waals surface area contributed by atoms with Crippen LogP contribution in [0.25, 0.3) is 5.69 Å². The van der Waals surface area contributed by atoms with E-state index in [2.05, 4.69) is 10.4 Å². The van der Waals surface area contributed by atoms with Gasteiger partial charge in [0.2, 0.25) is 5.91 Å². The van der Waals surface area contributed by atoms with Crippen molar-refractivity contribution in [2.24, 2.45) is 5.92 Å². The molecular weight excluding hydrogens is 372 g/mol. The zero-order valence-electron chi connectivity index (χ0n) is 16.3. The highest BCUT2D eigenvalue weighted by atomic mass is 16.5. The number of benzene rings is 1. The topological polar surface area (TPSA) is 96.4 Å². The number of para-hydroxylation sites is 1. The largest absolute Gasteiger partial charge is 0.368 e. The second-order valence-corrected chi connectivity index (χ2v) is 7.66. The minimum atomic E-state index is -0.304. The lowest BCUT2D eigenvalue weighted by Gasteiger charge is -2.32. The minimum Gasteiger partial charge on any atom is -0.368 e. The number of nitrogens with zero attached hydrogens (tertiary/aromatic N) is 2. The molecule has 2 N–H and O–H groups in total. The number of nitrogens with one attached hydrogen (secondary N) is 2. The van der Waals surface area contributed by atoms with E-state index < -0.39 is 0 Å². The van der Waals surface area contributed by atoms with Crippen LogP contribution in [-0.4, -0.2) is 58.8 Å². The van der Waals surface area contributed by atoms with Gasteiger partial charge in [0, 0.05) is 32.3 Å². The van der Waals surface area contributed by atoms with Crippen molar-refractivity contribution in [1.29, 1.82) is 0 Å². The third kappa shape index (κ3) is 4.42. The van der Waals surface area contributed by atoms with E-state index in [1.165, 1.54) is 10.7 Å². The maximum Gasteiger partial charge on any atom is 0.271 e. The number of piperidine rings is 1. The highest BCUT2D eigenvalue weighted by molar-refractivity contribution is 5.92. The van der Waals surface area contributed by atoms with Gasteiger partial charge >= 0.3 is 0 Å². The number of aromatic nitrogens is 2. The number of ether oxygens (including phenoxy) is 1. The summed E-state index contributed by atoms with van der Waals surface area (Å²) in [5.74, 6) is 0.150. The van der Waals surface area contributed by atoms with E-state index in [-0.39, 0.29) is 23.5 Å². The Bertz CT molecular complexity index is 906. The van der Waals surface area contributed by atoms with E-state index in [1.807, 2.05) is 30.3 Å². The number of H-pyrrole nitrogens is 1. The quantitative estimate of drug-likeness (QED) is 0.794. The highest BCUT2D eigenvalue weighted by Crippen LogP contribution is 2.19. The fourth-order valence-corrected chi connectivity index (χ4v) is 3.93. The Morgan fingerprint density at radius 2 is 1.90 bits per heavy atom. The Hall–Kier alpha value is -2.87. The Morgan fingerprint density at radius 1 is 1.14 bits per heavy atom. The summed E-state index contributed by atoms with van der Waals surface area (Å²) in [6.07, 6.45) is 3.07. The number of hydrogen-bond acceptors (Lipinski definition) is 4. The number of hydrogen-bond donors (Lipinski definition) is 2. The lowest BCUT2D eigenvalue weighted by atomic mass is 9.96. The molecule has 1 unspecified atom stereocenters. The molecule has 8 nitrogen and oxygen atoms in total. The Morgan fingerprint density at radius 3 is 2.59 bits per heavy atom. The third-order valence-electron chi connectivity index (χ3n) is 5.65. The second kappa shape index (κ2) is 8.65. The van der Waals surface area contributed by atoms with Gasteiger partial charge in [-0.1, -0.05) is 18.2 Å². The molecule has 1 aromatic heterocycles. The number of carbonyl (C=O) groups is 2. The van der Waals surface area contributed by atoms with Crippen molar-refractivity contribution in [3.8, 4) is 5.69 Å². The first-order chi connectivity index (χ1) is 14.1. The lowest BCUT2D eigenvalue weighted by molar-refractivity contribution is -0.130. The van der Waals surface area contributed by atoms with E-state index in [4.69, 9.17) is 4.74 Å². The Balaban J connectivity index is 1.30. The zero-order valence-corrected chi connectivity index (χ0v) is 16.3. The average Bonchev–Trinajstić information content (AvgIpc) is 3.43. The molecule has 4 rings (SSSR count). The van der Waals surface area contributed by atoms with Crippen molar-refractivity contribution in [3.05, 3.63) is 52.4 Å². The molecule has 2 fully saturated rings. The summed E-state index contributed by atoms with van der Waals surface area (Å²) in [5.41, 5.74) is 0.729. The van der Waals surface area contributed by atoms with Crippen molar-refractivity contribution in [1.82, 2.24) is 20.0 Å². The molecule has 2 aliphatic heterocycles. The summed E-state index contributed by atoms with van der Waals surface area (Å²) < 4.78 is 6.78. The first-order valence-corrected chi connectivity index (χ1v) is 10.2. The minimum absolute atomic E-state index is 0.0270. The fraction of sp³-hybridized carbons (Fsp3) is 0.476.